The van der Waals surface area contributed by atoms with E-state index < -0.39 is 6.04 Å². The van der Waals surface area contributed by atoms with Gasteiger partial charge in [0.05, 0.1) is 6.61 Å². The summed E-state index contributed by atoms with van der Waals surface area (Å²) in [5.41, 5.74) is 0.979. The highest BCUT2D eigenvalue weighted by Crippen LogP contribution is 2.20. The maximum Gasteiger partial charge on any atom is 0.242 e. The van der Waals surface area contributed by atoms with Crippen LogP contribution in [0.25, 0.3) is 0 Å². The summed E-state index contributed by atoms with van der Waals surface area (Å²) in [6.45, 7) is 2.62. The highest BCUT2D eigenvalue weighted by Gasteiger charge is 2.27. The molecule has 1 unspecified atom stereocenters. The molecule has 1 fully saturated rings. The van der Waals surface area contributed by atoms with E-state index in [0.717, 1.165) is 41.5 Å². The first-order valence-electron chi connectivity index (χ1n) is 11.6. The van der Waals surface area contributed by atoms with Crippen LogP contribution in [0.2, 0.25) is 5.02 Å². The van der Waals surface area contributed by atoms with Crippen molar-refractivity contribution in [2.24, 2.45) is 0 Å². The molecule has 178 valence electrons. The molecule has 1 atom stereocenters. The molecule has 1 aliphatic rings. The van der Waals surface area contributed by atoms with Crippen LogP contribution in [0.3, 0.4) is 0 Å². The minimum atomic E-state index is -0.546. The average molecular weight is 536 g/mol. The van der Waals surface area contributed by atoms with Crippen molar-refractivity contribution >= 4 is 39.3 Å². The van der Waals surface area contributed by atoms with Crippen LogP contribution in [0.1, 0.15) is 57.4 Å². The predicted octanol–water partition coefficient (Wildman–Crippen LogP) is 6.13. The lowest BCUT2D eigenvalue weighted by molar-refractivity contribution is -0.141. The Bertz CT molecular complexity index is 916. The Morgan fingerprint density at radius 3 is 2.58 bits per heavy atom. The monoisotopic (exact) mass is 534 g/mol. The molecule has 0 heterocycles. The molecule has 0 radical (unpaired) electrons. The van der Waals surface area contributed by atoms with Crippen molar-refractivity contribution in [3.05, 3.63) is 63.6 Å². The van der Waals surface area contributed by atoms with Crippen molar-refractivity contribution < 1.29 is 14.3 Å². The van der Waals surface area contributed by atoms with Crippen LogP contribution in [0.15, 0.2) is 53.0 Å². The number of nitrogens with one attached hydrogen (secondary N) is 1. The molecule has 1 N–H and O–H groups in total. The Kier molecular flexibility index (Phi) is 10.1. The second-order valence-corrected chi connectivity index (χ2v) is 9.93. The molecule has 0 aliphatic heterocycles. The minimum Gasteiger partial charge on any atom is -0.494 e. The smallest absolute Gasteiger partial charge is 0.242 e. The lowest BCUT2D eigenvalue weighted by Gasteiger charge is -2.31. The molecule has 2 aromatic carbocycles. The molecule has 0 saturated heterocycles. The molecule has 0 aromatic heterocycles. The number of rotatable bonds is 10. The Labute approximate surface area is 210 Å². The minimum absolute atomic E-state index is 0.0547. The fourth-order valence-corrected chi connectivity index (χ4v) is 4.64. The Morgan fingerprint density at radius 2 is 1.88 bits per heavy atom. The molecule has 5 nitrogen and oxygen atoms in total. The van der Waals surface area contributed by atoms with E-state index in [4.69, 9.17) is 16.3 Å². The topological polar surface area (TPSA) is 58.6 Å². The van der Waals surface area contributed by atoms with Crippen molar-refractivity contribution in [3.8, 4) is 5.75 Å². The number of nitrogens with zero attached hydrogens (tertiary/aromatic N) is 1. The summed E-state index contributed by atoms with van der Waals surface area (Å²) < 4.78 is 6.67. The fourth-order valence-electron chi connectivity index (χ4n) is 4.07. The van der Waals surface area contributed by atoms with E-state index in [1.807, 2.05) is 31.2 Å². The van der Waals surface area contributed by atoms with Crippen LogP contribution in [-0.2, 0) is 16.1 Å². The van der Waals surface area contributed by atoms with Crippen LogP contribution >= 0.6 is 27.5 Å². The first-order valence-corrected chi connectivity index (χ1v) is 12.8. The number of ether oxygens (including phenoxy) is 1. The van der Waals surface area contributed by atoms with Gasteiger partial charge >= 0.3 is 0 Å². The maximum absolute atomic E-state index is 13.2. The van der Waals surface area contributed by atoms with Crippen molar-refractivity contribution in [1.82, 2.24) is 10.2 Å². The van der Waals surface area contributed by atoms with E-state index in [0.29, 0.717) is 31.0 Å². The molecule has 7 heteroatoms. The van der Waals surface area contributed by atoms with Crippen molar-refractivity contribution in [1.29, 1.82) is 0 Å². The predicted molar refractivity (Wildman–Crippen MR) is 135 cm³/mol. The summed E-state index contributed by atoms with van der Waals surface area (Å²) in [7, 11) is 0. The SMILES string of the molecule is CC(C(=O)NC1CCCCC1)N(Cc1cccc(Br)c1)C(=O)CCCOc1ccc(Cl)cc1. The number of hydrogen-bond acceptors (Lipinski definition) is 3. The van der Waals surface area contributed by atoms with E-state index in [1.165, 1.54) is 6.42 Å². The van der Waals surface area contributed by atoms with Crippen LogP contribution < -0.4 is 10.1 Å². The van der Waals surface area contributed by atoms with Crippen LogP contribution in [0.4, 0.5) is 0 Å². The summed E-state index contributed by atoms with van der Waals surface area (Å²) in [5, 5.41) is 3.82. The van der Waals surface area contributed by atoms with E-state index >= 15 is 0 Å². The fraction of sp³-hybridized carbons (Fsp3) is 0.462. The molecule has 0 bridgehead atoms. The zero-order chi connectivity index (χ0) is 23.6. The molecule has 2 aromatic rings. The van der Waals surface area contributed by atoms with Crippen molar-refractivity contribution in [2.45, 2.75) is 70.5 Å². The highest BCUT2D eigenvalue weighted by molar-refractivity contribution is 9.10. The third kappa shape index (κ3) is 8.35. The third-order valence-electron chi connectivity index (χ3n) is 5.98. The number of benzene rings is 2. The Morgan fingerprint density at radius 1 is 1.15 bits per heavy atom. The summed E-state index contributed by atoms with van der Waals surface area (Å²) in [4.78, 5) is 27.9. The van der Waals surface area contributed by atoms with Crippen LogP contribution in [-0.4, -0.2) is 35.4 Å². The van der Waals surface area contributed by atoms with Gasteiger partial charge in [-0.25, -0.2) is 0 Å². The molecule has 0 spiro atoms. The van der Waals surface area contributed by atoms with Gasteiger partial charge in [0.25, 0.3) is 0 Å². The number of amides is 2. The van der Waals surface area contributed by atoms with Gasteiger partial charge in [0, 0.05) is 28.5 Å². The molecular formula is C26H32BrClN2O3. The lowest BCUT2D eigenvalue weighted by Crippen LogP contribution is -2.50. The molecule has 3 rings (SSSR count). The van der Waals surface area contributed by atoms with Gasteiger partial charge in [-0.05, 0) is 68.1 Å². The van der Waals surface area contributed by atoms with Gasteiger partial charge in [-0.3, -0.25) is 9.59 Å². The van der Waals surface area contributed by atoms with E-state index in [-0.39, 0.29) is 17.9 Å². The van der Waals surface area contributed by atoms with E-state index in [9.17, 15) is 9.59 Å². The summed E-state index contributed by atoms with van der Waals surface area (Å²) in [6, 6.07) is 14.7. The molecule has 1 aliphatic carbocycles. The number of hydrogen-bond donors (Lipinski definition) is 1. The largest absolute Gasteiger partial charge is 0.494 e. The molecule has 1 saturated carbocycles. The second kappa shape index (κ2) is 13.0. The number of carbonyl (C=O) groups excluding carboxylic acids is 2. The lowest BCUT2D eigenvalue weighted by atomic mass is 9.95. The van der Waals surface area contributed by atoms with Gasteiger partial charge in [0.1, 0.15) is 11.8 Å². The van der Waals surface area contributed by atoms with Crippen molar-refractivity contribution in [3.63, 3.8) is 0 Å². The Hall–Kier alpha value is -2.05. The van der Waals surface area contributed by atoms with Crippen molar-refractivity contribution in [2.75, 3.05) is 6.61 Å². The first-order chi connectivity index (χ1) is 15.9. The van der Waals surface area contributed by atoms with Gasteiger partial charge < -0.3 is 15.0 Å². The summed E-state index contributed by atoms with van der Waals surface area (Å²) in [5.74, 6) is 0.585. The van der Waals surface area contributed by atoms with Gasteiger partial charge in [-0.15, -0.1) is 0 Å². The second-order valence-electron chi connectivity index (χ2n) is 8.58. The molecule has 33 heavy (non-hydrogen) atoms. The van der Waals surface area contributed by atoms with Crippen LogP contribution in [0, 0.1) is 0 Å². The maximum atomic E-state index is 13.2. The molecule has 2 amide bonds. The zero-order valence-corrected chi connectivity index (χ0v) is 21.4. The first kappa shape index (κ1) is 25.6. The van der Waals surface area contributed by atoms with Gasteiger partial charge in [-0.2, -0.15) is 0 Å². The van der Waals surface area contributed by atoms with E-state index in [1.54, 1.807) is 29.2 Å². The van der Waals surface area contributed by atoms with Gasteiger partial charge in [0.15, 0.2) is 0 Å². The third-order valence-corrected chi connectivity index (χ3v) is 6.72. The molecular weight excluding hydrogens is 504 g/mol. The Balaban J connectivity index is 1.60. The van der Waals surface area contributed by atoms with Gasteiger partial charge in [0.2, 0.25) is 11.8 Å². The number of halogens is 2. The highest BCUT2D eigenvalue weighted by atomic mass is 79.9. The summed E-state index contributed by atoms with van der Waals surface area (Å²) >= 11 is 9.39. The standard InChI is InChI=1S/C26H32BrClN2O3/c1-19(26(32)29-23-9-3-2-4-10-23)30(18-20-7-5-8-21(27)17-20)25(31)11-6-16-33-24-14-12-22(28)13-15-24/h5,7-8,12-15,17,19,23H,2-4,6,9-11,16,18H2,1H3,(H,29,32). The van der Waals surface area contributed by atoms with Gasteiger partial charge in [-0.1, -0.05) is 58.9 Å². The number of carbonyl (C=O) groups is 2. The quantitative estimate of drug-likeness (QED) is 0.373. The average Bonchev–Trinajstić information content (AvgIpc) is 2.81. The summed E-state index contributed by atoms with van der Waals surface area (Å²) in [6.07, 6.45) is 6.42. The normalized spacial score (nSPS) is 15.0. The van der Waals surface area contributed by atoms with E-state index in [2.05, 4.69) is 21.2 Å². The van der Waals surface area contributed by atoms with Crippen LogP contribution in [0.5, 0.6) is 5.75 Å². The zero-order valence-electron chi connectivity index (χ0n) is 19.1.